The average molecular weight is 359 g/mol. The predicted octanol–water partition coefficient (Wildman–Crippen LogP) is 3.54. The van der Waals surface area contributed by atoms with Crippen LogP contribution in [0, 0.1) is 0 Å². The Balaban J connectivity index is 1.83. The van der Waals surface area contributed by atoms with Crippen molar-refractivity contribution in [1.29, 1.82) is 0 Å². The number of aromatic nitrogens is 3. The van der Waals surface area contributed by atoms with E-state index in [1.54, 1.807) is 7.05 Å². The standard InChI is InChI=1S/C13H9ClF2N4O2S/c1-20-5-7(14)10(19-20)11(21)18-13-17-8-3-2-6(22-12(15)16)4-9(8)23-13/h2-5,12H,1H3,(H,17,18,21). The number of halogens is 3. The summed E-state index contributed by atoms with van der Waals surface area (Å²) in [6.07, 6.45) is 1.50. The predicted molar refractivity (Wildman–Crippen MR) is 82.4 cm³/mol. The fourth-order valence-electron chi connectivity index (χ4n) is 1.90. The number of aryl methyl sites for hydroxylation is 1. The highest BCUT2D eigenvalue weighted by Crippen LogP contribution is 2.30. The number of ether oxygens (including phenoxy) is 1. The van der Waals surface area contributed by atoms with Gasteiger partial charge in [-0.15, -0.1) is 0 Å². The lowest BCUT2D eigenvalue weighted by Gasteiger charge is -2.02. The summed E-state index contributed by atoms with van der Waals surface area (Å²) in [6, 6.07) is 4.35. The van der Waals surface area contributed by atoms with Gasteiger partial charge in [0, 0.05) is 13.2 Å². The van der Waals surface area contributed by atoms with Crippen LogP contribution in [-0.2, 0) is 7.05 Å². The number of fused-ring (bicyclic) bond motifs is 1. The second kappa shape index (κ2) is 6.09. The van der Waals surface area contributed by atoms with Crippen molar-refractivity contribution in [2.45, 2.75) is 6.61 Å². The van der Waals surface area contributed by atoms with Crippen molar-refractivity contribution < 1.29 is 18.3 Å². The Morgan fingerprint density at radius 2 is 2.26 bits per heavy atom. The van der Waals surface area contributed by atoms with E-state index in [9.17, 15) is 13.6 Å². The van der Waals surface area contributed by atoms with Gasteiger partial charge in [-0.2, -0.15) is 13.9 Å². The van der Waals surface area contributed by atoms with E-state index in [2.05, 4.69) is 20.1 Å². The van der Waals surface area contributed by atoms with Crippen molar-refractivity contribution in [1.82, 2.24) is 14.8 Å². The van der Waals surface area contributed by atoms with Gasteiger partial charge in [-0.25, -0.2) is 4.98 Å². The van der Waals surface area contributed by atoms with Crippen molar-refractivity contribution in [2.24, 2.45) is 7.05 Å². The molecule has 0 radical (unpaired) electrons. The van der Waals surface area contributed by atoms with Crippen LogP contribution in [0.2, 0.25) is 5.02 Å². The molecule has 0 aliphatic heterocycles. The van der Waals surface area contributed by atoms with E-state index in [0.29, 0.717) is 15.3 Å². The van der Waals surface area contributed by atoms with E-state index in [1.165, 1.54) is 29.1 Å². The number of hydrogen-bond acceptors (Lipinski definition) is 5. The van der Waals surface area contributed by atoms with Crippen LogP contribution < -0.4 is 10.1 Å². The van der Waals surface area contributed by atoms with E-state index in [1.807, 2.05) is 0 Å². The van der Waals surface area contributed by atoms with E-state index >= 15 is 0 Å². The first-order chi connectivity index (χ1) is 10.9. The maximum atomic E-state index is 12.2. The number of amides is 1. The van der Waals surface area contributed by atoms with Gasteiger partial charge in [-0.05, 0) is 18.2 Å². The molecule has 120 valence electrons. The van der Waals surface area contributed by atoms with Gasteiger partial charge in [0.1, 0.15) is 5.75 Å². The largest absolute Gasteiger partial charge is 0.435 e. The fourth-order valence-corrected chi connectivity index (χ4v) is 3.06. The zero-order valence-electron chi connectivity index (χ0n) is 11.6. The number of carbonyl (C=O) groups is 1. The van der Waals surface area contributed by atoms with Crippen molar-refractivity contribution in [3.63, 3.8) is 0 Å². The highest BCUT2D eigenvalue weighted by Gasteiger charge is 2.17. The number of thiazole rings is 1. The molecule has 3 rings (SSSR count). The summed E-state index contributed by atoms with van der Waals surface area (Å²) in [6.45, 7) is -2.90. The minimum absolute atomic E-state index is 0.0294. The highest BCUT2D eigenvalue weighted by molar-refractivity contribution is 7.22. The minimum Gasteiger partial charge on any atom is -0.435 e. The second-order valence-electron chi connectivity index (χ2n) is 4.48. The molecule has 23 heavy (non-hydrogen) atoms. The van der Waals surface area contributed by atoms with Gasteiger partial charge in [-0.3, -0.25) is 14.8 Å². The van der Waals surface area contributed by atoms with Crippen molar-refractivity contribution >= 4 is 44.2 Å². The summed E-state index contributed by atoms with van der Waals surface area (Å²) in [7, 11) is 1.64. The summed E-state index contributed by atoms with van der Waals surface area (Å²) < 4.78 is 30.8. The van der Waals surface area contributed by atoms with Crippen LogP contribution in [-0.4, -0.2) is 27.3 Å². The first kappa shape index (κ1) is 15.6. The van der Waals surface area contributed by atoms with Crippen LogP contribution in [0.15, 0.2) is 24.4 Å². The number of anilines is 1. The molecule has 1 N–H and O–H groups in total. The molecule has 10 heteroatoms. The number of hydrogen-bond donors (Lipinski definition) is 1. The smallest absolute Gasteiger partial charge is 0.387 e. The van der Waals surface area contributed by atoms with Gasteiger partial charge in [-0.1, -0.05) is 22.9 Å². The summed E-state index contributed by atoms with van der Waals surface area (Å²) in [5.41, 5.74) is 0.633. The zero-order chi connectivity index (χ0) is 16.6. The molecular weight excluding hydrogens is 350 g/mol. The van der Waals surface area contributed by atoms with Crippen molar-refractivity contribution in [3.05, 3.63) is 35.1 Å². The maximum absolute atomic E-state index is 12.2. The molecule has 3 aromatic rings. The zero-order valence-corrected chi connectivity index (χ0v) is 13.2. The summed E-state index contributed by atoms with van der Waals surface area (Å²) in [4.78, 5) is 16.3. The first-order valence-corrected chi connectivity index (χ1v) is 7.48. The Kier molecular flexibility index (Phi) is 4.14. The van der Waals surface area contributed by atoms with Crippen molar-refractivity contribution in [3.8, 4) is 5.75 Å². The maximum Gasteiger partial charge on any atom is 0.387 e. The molecule has 0 atom stereocenters. The Hall–Kier alpha value is -2.26. The monoisotopic (exact) mass is 358 g/mol. The SMILES string of the molecule is Cn1cc(Cl)c(C(=O)Nc2nc3ccc(OC(F)F)cc3s2)n1. The molecule has 2 heterocycles. The van der Waals surface area contributed by atoms with Gasteiger partial charge in [0.2, 0.25) is 0 Å². The average Bonchev–Trinajstić information content (AvgIpc) is 2.99. The Morgan fingerprint density at radius 3 is 2.91 bits per heavy atom. The summed E-state index contributed by atoms with van der Waals surface area (Å²) in [5.74, 6) is -0.472. The third-order valence-corrected chi connectivity index (χ3v) is 4.01. The fraction of sp³-hybridized carbons (Fsp3) is 0.154. The van der Waals surface area contributed by atoms with Crippen LogP contribution in [0.1, 0.15) is 10.5 Å². The lowest BCUT2D eigenvalue weighted by Crippen LogP contribution is -2.13. The molecule has 0 aliphatic carbocycles. The molecule has 0 fully saturated rings. The van der Waals surface area contributed by atoms with E-state index in [4.69, 9.17) is 11.6 Å². The Morgan fingerprint density at radius 1 is 1.48 bits per heavy atom. The minimum atomic E-state index is -2.90. The van der Waals surface area contributed by atoms with Crippen LogP contribution in [0.4, 0.5) is 13.9 Å². The molecule has 1 amide bonds. The lowest BCUT2D eigenvalue weighted by atomic mass is 10.3. The highest BCUT2D eigenvalue weighted by atomic mass is 35.5. The number of carbonyl (C=O) groups excluding carboxylic acids is 1. The van der Waals surface area contributed by atoms with Crippen LogP contribution in [0.5, 0.6) is 5.75 Å². The van der Waals surface area contributed by atoms with Gasteiger partial charge >= 0.3 is 6.61 Å². The van der Waals surface area contributed by atoms with Crippen LogP contribution in [0.25, 0.3) is 10.2 Å². The normalized spacial score (nSPS) is 11.2. The van der Waals surface area contributed by atoms with Crippen LogP contribution in [0.3, 0.4) is 0 Å². The number of benzene rings is 1. The molecule has 1 aromatic carbocycles. The van der Waals surface area contributed by atoms with E-state index in [-0.39, 0.29) is 16.5 Å². The summed E-state index contributed by atoms with van der Waals surface area (Å²) >= 11 is 7.03. The van der Waals surface area contributed by atoms with Gasteiger partial charge in [0.15, 0.2) is 10.8 Å². The summed E-state index contributed by atoms with van der Waals surface area (Å²) in [5, 5.41) is 7.06. The number of nitrogens with one attached hydrogen (secondary N) is 1. The van der Waals surface area contributed by atoms with E-state index < -0.39 is 12.5 Å². The third-order valence-electron chi connectivity index (χ3n) is 2.80. The molecule has 6 nitrogen and oxygen atoms in total. The number of alkyl halides is 2. The van der Waals surface area contributed by atoms with Gasteiger partial charge in [0.25, 0.3) is 5.91 Å². The molecule has 0 saturated carbocycles. The molecule has 2 aromatic heterocycles. The van der Waals surface area contributed by atoms with Gasteiger partial charge < -0.3 is 4.74 Å². The van der Waals surface area contributed by atoms with Crippen molar-refractivity contribution in [2.75, 3.05) is 5.32 Å². The number of nitrogens with zero attached hydrogens (tertiary/aromatic N) is 3. The molecular formula is C13H9ClF2N4O2S. The van der Waals surface area contributed by atoms with E-state index in [0.717, 1.165) is 11.3 Å². The molecule has 0 spiro atoms. The quantitative estimate of drug-likeness (QED) is 0.774. The lowest BCUT2D eigenvalue weighted by molar-refractivity contribution is -0.0497. The van der Waals surface area contributed by atoms with Gasteiger partial charge in [0.05, 0.1) is 15.2 Å². The Labute approximate surface area is 137 Å². The number of rotatable bonds is 4. The molecule has 0 unspecified atom stereocenters. The third kappa shape index (κ3) is 3.40. The topological polar surface area (TPSA) is 69.0 Å². The second-order valence-corrected chi connectivity index (χ2v) is 5.92. The molecule has 0 bridgehead atoms. The molecule has 0 aliphatic rings. The van der Waals surface area contributed by atoms with Crippen LogP contribution >= 0.6 is 22.9 Å². The molecule has 0 saturated heterocycles. The Bertz CT molecular complexity index is 880. The first-order valence-electron chi connectivity index (χ1n) is 6.28.